The van der Waals surface area contributed by atoms with Gasteiger partial charge in [0.2, 0.25) is 23.5 Å². The number of aliphatic imine (C=N–C) groups is 1. The molecule has 53 heavy (non-hydrogen) atoms. The van der Waals surface area contributed by atoms with Crippen LogP contribution < -0.4 is 32.2 Å². The van der Waals surface area contributed by atoms with Crippen LogP contribution >= 0.6 is 11.3 Å². The number of para-hydroxylation sites is 1. The van der Waals surface area contributed by atoms with Crippen molar-refractivity contribution in [3.63, 3.8) is 0 Å². The number of nitrogens with one attached hydrogen (secondary N) is 3. The minimum absolute atomic E-state index is 0.0406. The monoisotopic (exact) mass is 745 g/mol. The van der Waals surface area contributed by atoms with Crippen molar-refractivity contribution in [3.8, 4) is 5.75 Å². The van der Waals surface area contributed by atoms with Gasteiger partial charge in [0.1, 0.15) is 12.4 Å². The second kappa shape index (κ2) is 20.2. The van der Waals surface area contributed by atoms with E-state index in [-0.39, 0.29) is 79.0 Å². The molecule has 0 saturated heterocycles. The molecular weight excluding hydrogens is 695 g/mol. The fraction of sp³-hybridized carbons (Fsp3) is 0.462. The molecule has 0 spiro atoms. The third kappa shape index (κ3) is 13.1. The maximum Gasteiger partial charge on any atom is 0.224 e. The molecule has 14 heteroatoms. The molecule has 3 amide bonds. The average molecular weight is 746 g/mol. The molecule has 4 atom stereocenters. The van der Waals surface area contributed by atoms with Gasteiger partial charge in [0, 0.05) is 37.8 Å². The van der Waals surface area contributed by atoms with E-state index in [9.17, 15) is 24.0 Å². The van der Waals surface area contributed by atoms with Crippen LogP contribution in [0.2, 0.25) is 0 Å². The summed E-state index contributed by atoms with van der Waals surface area (Å²) in [5.41, 5.74) is 12.6. The Labute approximate surface area is 314 Å². The third-order valence-electron chi connectivity index (χ3n) is 8.88. The molecule has 2 bridgehead atoms. The topological polar surface area (TPSA) is 208 Å². The summed E-state index contributed by atoms with van der Waals surface area (Å²) < 4.78 is 6.59. The summed E-state index contributed by atoms with van der Waals surface area (Å²) >= 11 is 1.23. The van der Waals surface area contributed by atoms with Gasteiger partial charge in [0.05, 0.1) is 22.3 Å². The van der Waals surface area contributed by atoms with Crippen LogP contribution in [0.4, 0.5) is 0 Å². The van der Waals surface area contributed by atoms with E-state index in [1.54, 1.807) is 12.2 Å². The number of guanidine groups is 1. The Morgan fingerprint density at radius 2 is 1.81 bits per heavy atom. The van der Waals surface area contributed by atoms with E-state index in [1.807, 2.05) is 69.3 Å². The zero-order chi connectivity index (χ0) is 38.3. The maximum atomic E-state index is 14.1. The van der Waals surface area contributed by atoms with Crippen LogP contribution in [0.1, 0.15) is 74.7 Å². The van der Waals surface area contributed by atoms with Crippen molar-refractivity contribution in [2.75, 3.05) is 19.7 Å². The van der Waals surface area contributed by atoms with Crippen molar-refractivity contribution in [2.45, 2.75) is 77.8 Å². The number of fused-ring (bicyclic) bond motifs is 18. The summed E-state index contributed by atoms with van der Waals surface area (Å²) in [6.45, 7) is 6.52. The predicted octanol–water partition coefficient (Wildman–Crippen LogP) is 3.85. The van der Waals surface area contributed by atoms with Gasteiger partial charge in [0.15, 0.2) is 16.8 Å². The normalized spacial score (nSPS) is 20.4. The highest BCUT2D eigenvalue weighted by Gasteiger charge is 2.32. The maximum absolute atomic E-state index is 14.1. The summed E-state index contributed by atoms with van der Waals surface area (Å²) in [6.07, 6.45) is 4.76. The van der Waals surface area contributed by atoms with E-state index >= 15 is 0 Å². The molecule has 284 valence electrons. The molecule has 0 aliphatic carbocycles. The van der Waals surface area contributed by atoms with Crippen molar-refractivity contribution in [1.29, 1.82) is 0 Å². The number of aromatic nitrogens is 1. The molecule has 13 nitrogen and oxygen atoms in total. The predicted molar refractivity (Wildman–Crippen MR) is 206 cm³/mol. The largest absolute Gasteiger partial charge is 0.490 e. The first-order valence-electron chi connectivity index (χ1n) is 18.1. The quantitative estimate of drug-likeness (QED) is 0.0671. The Morgan fingerprint density at radius 3 is 2.53 bits per heavy atom. The Kier molecular flexibility index (Phi) is 15.5. The minimum atomic E-state index is -0.986. The first-order valence-corrected chi connectivity index (χ1v) is 18.9. The van der Waals surface area contributed by atoms with Gasteiger partial charge >= 0.3 is 0 Å². The van der Waals surface area contributed by atoms with E-state index in [2.05, 4.69) is 25.9 Å². The number of carbonyl (C=O) groups excluding carboxylic acids is 5. The Hall–Kier alpha value is -5.11. The number of amides is 3. The molecule has 0 saturated carbocycles. The van der Waals surface area contributed by atoms with Gasteiger partial charge in [0.25, 0.3) is 0 Å². The van der Waals surface area contributed by atoms with E-state index < -0.39 is 29.8 Å². The molecule has 7 N–H and O–H groups in total. The fourth-order valence-electron chi connectivity index (χ4n) is 5.99. The number of thiazole rings is 1. The molecule has 2 aromatic carbocycles. The lowest BCUT2D eigenvalue weighted by Gasteiger charge is -2.25. The third-order valence-corrected chi connectivity index (χ3v) is 9.93. The van der Waals surface area contributed by atoms with Crippen LogP contribution in [0.5, 0.6) is 5.75 Å². The smallest absolute Gasteiger partial charge is 0.224 e. The molecule has 2 aliphatic rings. The standard InChI is InChI=1S/C39H51N7O6S/c1-24(2)21-31-32(47)23-27(14-17-34(48)42-18-6-7-20-52-28-15-12-26(13-16-28)22-25(3)36(50)45-31)37(51)44-30(10-8-19-43-39(40)41)35(49)38-46-29-9-4-5-11-33(29)53-38/h4-7,9,11-13,15-16,24-25,27,30-31H,8,10,14,17-23H2,1-3H3,(H,42,48)(H,44,51)(H,45,50)(H4,40,41,43)/b7-6+/t25-,27+,30-,31-/m0/s1. The number of carbonyl (C=O) groups is 5. The number of hydrogen-bond acceptors (Lipinski definition) is 9. The summed E-state index contributed by atoms with van der Waals surface area (Å²) in [7, 11) is 0. The van der Waals surface area contributed by atoms with Gasteiger partial charge in [-0.05, 0) is 73.9 Å². The van der Waals surface area contributed by atoms with Crippen LogP contribution in [-0.2, 0) is 25.6 Å². The Balaban J connectivity index is 1.58. The minimum Gasteiger partial charge on any atom is -0.490 e. The molecular formula is C39H51N7O6S. The molecule has 0 fully saturated rings. The zero-order valence-electron chi connectivity index (χ0n) is 30.6. The fourth-order valence-corrected chi connectivity index (χ4v) is 6.95. The molecule has 3 aromatic rings. The lowest BCUT2D eigenvalue weighted by molar-refractivity contribution is -0.133. The summed E-state index contributed by atoms with van der Waals surface area (Å²) in [5, 5.41) is 8.88. The van der Waals surface area contributed by atoms with Crippen molar-refractivity contribution in [2.24, 2.45) is 34.2 Å². The van der Waals surface area contributed by atoms with Crippen molar-refractivity contribution in [3.05, 3.63) is 71.3 Å². The van der Waals surface area contributed by atoms with Crippen LogP contribution in [0, 0.1) is 17.8 Å². The molecule has 0 unspecified atom stereocenters. The van der Waals surface area contributed by atoms with Crippen LogP contribution in [0.25, 0.3) is 10.2 Å². The first-order chi connectivity index (χ1) is 25.4. The number of nitrogens with two attached hydrogens (primary N) is 2. The second-order valence-corrected chi connectivity index (χ2v) is 14.8. The molecule has 2 aliphatic heterocycles. The molecule has 0 radical (unpaired) electrons. The average Bonchev–Trinajstić information content (AvgIpc) is 3.56. The SMILES string of the molecule is CC(C)C[C@@H]1NC(=O)[C@@H](C)Cc2ccc(cc2)OC/C=C/CNC(=O)CC[C@@H](C(=O)N[C@@H](CCCN=C(N)N)C(=O)c2nc3ccccc3s2)CC1=O. The van der Waals surface area contributed by atoms with Crippen LogP contribution in [0.3, 0.4) is 0 Å². The first kappa shape index (κ1) is 40.7. The van der Waals surface area contributed by atoms with E-state index in [4.69, 9.17) is 16.2 Å². The van der Waals surface area contributed by atoms with Crippen LogP contribution in [0.15, 0.2) is 65.7 Å². The van der Waals surface area contributed by atoms with E-state index in [1.165, 1.54) is 11.3 Å². The van der Waals surface area contributed by atoms with Gasteiger partial charge < -0.3 is 32.2 Å². The number of rotatable bonds is 10. The van der Waals surface area contributed by atoms with E-state index in [0.717, 1.165) is 10.3 Å². The highest BCUT2D eigenvalue weighted by atomic mass is 32.1. The summed E-state index contributed by atoms with van der Waals surface area (Å²) in [6, 6.07) is 13.0. The lowest BCUT2D eigenvalue weighted by atomic mass is 9.89. The van der Waals surface area contributed by atoms with Gasteiger partial charge in [-0.25, -0.2) is 4.98 Å². The zero-order valence-corrected chi connectivity index (χ0v) is 31.5. The molecule has 5 rings (SSSR count). The number of ether oxygens (including phenoxy) is 1. The van der Waals surface area contributed by atoms with Crippen molar-refractivity contribution >= 4 is 56.8 Å². The van der Waals surface area contributed by atoms with Crippen molar-refractivity contribution < 1.29 is 28.7 Å². The molecule has 1 aromatic heterocycles. The van der Waals surface area contributed by atoms with Crippen LogP contribution in [-0.4, -0.2) is 72.0 Å². The molecule has 3 heterocycles. The highest BCUT2D eigenvalue weighted by molar-refractivity contribution is 7.20. The van der Waals surface area contributed by atoms with Gasteiger partial charge in [-0.3, -0.25) is 29.0 Å². The number of hydrogen-bond donors (Lipinski definition) is 5. The Bertz CT molecular complexity index is 1750. The van der Waals surface area contributed by atoms with Gasteiger partial charge in [-0.2, -0.15) is 0 Å². The number of benzene rings is 2. The highest BCUT2D eigenvalue weighted by Crippen LogP contribution is 2.24. The number of ketones is 2. The number of nitrogens with zero attached hydrogens (tertiary/aromatic N) is 2. The Morgan fingerprint density at radius 1 is 1.06 bits per heavy atom. The van der Waals surface area contributed by atoms with Crippen molar-refractivity contribution in [1.82, 2.24) is 20.9 Å². The van der Waals surface area contributed by atoms with E-state index in [0.29, 0.717) is 37.1 Å². The summed E-state index contributed by atoms with van der Waals surface area (Å²) in [4.78, 5) is 76.8. The number of Topliss-reactive ketones (excluding diaryl/α,β-unsaturated/α-hetero) is 2. The van der Waals surface area contributed by atoms with Gasteiger partial charge in [-0.1, -0.05) is 51.1 Å². The second-order valence-electron chi connectivity index (χ2n) is 13.8. The summed E-state index contributed by atoms with van der Waals surface area (Å²) in [5.74, 6) is -2.56. The lowest BCUT2D eigenvalue weighted by Crippen LogP contribution is -2.47. The van der Waals surface area contributed by atoms with Gasteiger partial charge in [-0.15, -0.1) is 11.3 Å².